The van der Waals surface area contributed by atoms with Crippen LogP contribution in [0.5, 0.6) is 0 Å². The van der Waals surface area contributed by atoms with Gasteiger partial charge in [0.05, 0.1) is 5.41 Å². The fourth-order valence-corrected chi connectivity index (χ4v) is 5.10. The maximum absolute atomic E-state index is 3.86. The molecule has 5 rings (SSSR count). The van der Waals surface area contributed by atoms with Crippen molar-refractivity contribution in [3.8, 4) is 0 Å². The Kier molecular flexibility index (Phi) is 6.88. The van der Waals surface area contributed by atoms with E-state index in [1.165, 1.54) is 27.8 Å². The van der Waals surface area contributed by atoms with Crippen LogP contribution in [0.3, 0.4) is 0 Å². The van der Waals surface area contributed by atoms with Crippen LogP contribution in [0, 0.1) is 6.07 Å². The van der Waals surface area contributed by atoms with Crippen molar-refractivity contribution >= 4 is 0 Å². The molecule has 0 aliphatic rings. The van der Waals surface area contributed by atoms with E-state index in [1.807, 2.05) is 0 Å². The summed E-state index contributed by atoms with van der Waals surface area (Å²) in [6, 6.07) is 53.6. The first-order valence-electron chi connectivity index (χ1n) is 12.2. The molecule has 0 saturated carbocycles. The molecule has 5 aromatic carbocycles. The summed E-state index contributed by atoms with van der Waals surface area (Å²) in [6.07, 6.45) is 0. The molecule has 0 amide bonds. The lowest BCUT2D eigenvalue weighted by Gasteiger charge is -2.37. The van der Waals surface area contributed by atoms with E-state index in [0.717, 1.165) is 18.7 Å². The summed E-state index contributed by atoms with van der Waals surface area (Å²) in [6.45, 7) is 1.73. The molecule has 35 heavy (non-hydrogen) atoms. The van der Waals surface area contributed by atoms with Crippen LogP contribution in [-0.2, 0) is 18.5 Å². The van der Waals surface area contributed by atoms with Crippen molar-refractivity contribution in [2.45, 2.75) is 18.5 Å². The number of rotatable bonds is 8. The van der Waals surface area contributed by atoms with Crippen molar-refractivity contribution in [2.24, 2.45) is 0 Å². The number of hydrogen-bond donors (Lipinski definition) is 0. The van der Waals surface area contributed by atoms with Crippen molar-refractivity contribution < 1.29 is 0 Å². The molecule has 1 radical (unpaired) electrons. The van der Waals surface area contributed by atoms with E-state index in [9.17, 15) is 0 Å². The van der Waals surface area contributed by atoms with Crippen LogP contribution in [0.1, 0.15) is 33.4 Å². The Hall–Kier alpha value is -3.94. The topological polar surface area (TPSA) is 3.24 Å². The summed E-state index contributed by atoms with van der Waals surface area (Å²) in [5, 5.41) is 0. The van der Waals surface area contributed by atoms with Crippen LogP contribution in [0.4, 0.5) is 0 Å². The first kappa shape index (κ1) is 22.8. The molecule has 0 atom stereocenters. The third kappa shape index (κ3) is 4.82. The summed E-state index contributed by atoms with van der Waals surface area (Å²) in [4.78, 5) is 2.35. The normalized spacial score (nSPS) is 11.5. The maximum Gasteiger partial charge on any atom is 0.0707 e. The van der Waals surface area contributed by atoms with Gasteiger partial charge in [0.25, 0.3) is 0 Å². The lowest BCUT2D eigenvalue weighted by molar-refractivity contribution is 0.318. The molecule has 0 saturated heterocycles. The molecule has 0 aliphatic heterocycles. The predicted molar refractivity (Wildman–Crippen MR) is 145 cm³/mol. The molecule has 0 fully saturated rings. The summed E-state index contributed by atoms with van der Waals surface area (Å²) in [5.41, 5.74) is 6.92. The van der Waals surface area contributed by atoms with Gasteiger partial charge in [0.1, 0.15) is 0 Å². The highest BCUT2D eigenvalue weighted by atomic mass is 15.1. The molecule has 171 valence electrons. The highest BCUT2D eigenvalue weighted by Gasteiger charge is 2.38. The fraction of sp³-hybridized carbons (Fsp3) is 0.118. The molecule has 5 aromatic rings. The zero-order chi connectivity index (χ0) is 23.9. The molecule has 1 heteroatoms. The van der Waals surface area contributed by atoms with Gasteiger partial charge < -0.3 is 0 Å². The minimum absolute atomic E-state index is 0.461. The van der Waals surface area contributed by atoms with Crippen molar-refractivity contribution in [1.82, 2.24) is 4.90 Å². The van der Waals surface area contributed by atoms with Crippen molar-refractivity contribution in [3.63, 3.8) is 0 Å². The van der Waals surface area contributed by atoms with Gasteiger partial charge in [-0.2, -0.15) is 0 Å². The second-order valence-corrected chi connectivity index (χ2v) is 9.10. The minimum Gasteiger partial charge on any atom is -0.298 e. The Morgan fingerprint density at radius 3 is 1.46 bits per heavy atom. The van der Waals surface area contributed by atoms with E-state index >= 15 is 0 Å². The van der Waals surface area contributed by atoms with Gasteiger partial charge in [-0.3, -0.25) is 4.90 Å². The third-order valence-electron chi connectivity index (χ3n) is 6.62. The first-order valence-corrected chi connectivity index (χ1v) is 12.2. The van der Waals surface area contributed by atoms with E-state index in [-0.39, 0.29) is 0 Å². The average molecular weight is 453 g/mol. The quantitative estimate of drug-likeness (QED) is 0.220. The lowest BCUT2D eigenvalue weighted by atomic mass is 9.65. The molecule has 0 unspecified atom stereocenters. The van der Waals surface area contributed by atoms with E-state index in [1.54, 1.807) is 0 Å². The van der Waals surface area contributed by atoms with Crippen LogP contribution in [-0.4, -0.2) is 11.9 Å². The van der Waals surface area contributed by atoms with Crippen molar-refractivity contribution in [2.75, 3.05) is 7.05 Å². The summed E-state index contributed by atoms with van der Waals surface area (Å²) >= 11 is 0. The van der Waals surface area contributed by atoms with Crippen LogP contribution in [0.25, 0.3) is 0 Å². The van der Waals surface area contributed by atoms with E-state index in [4.69, 9.17) is 0 Å². The van der Waals surface area contributed by atoms with E-state index in [2.05, 4.69) is 158 Å². The van der Waals surface area contributed by atoms with Crippen LogP contribution in [0.2, 0.25) is 0 Å². The molecule has 0 heterocycles. The Morgan fingerprint density at radius 2 is 0.971 bits per heavy atom. The fourth-order valence-electron chi connectivity index (χ4n) is 5.10. The Labute approximate surface area is 209 Å². The summed E-state index contributed by atoms with van der Waals surface area (Å²) in [5.74, 6) is 0. The van der Waals surface area contributed by atoms with E-state index < -0.39 is 5.41 Å². The molecular weight excluding hydrogens is 422 g/mol. The number of benzene rings is 5. The van der Waals surface area contributed by atoms with E-state index in [0.29, 0.717) is 0 Å². The second-order valence-electron chi connectivity index (χ2n) is 9.10. The van der Waals surface area contributed by atoms with Crippen LogP contribution < -0.4 is 0 Å². The van der Waals surface area contributed by atoms with Gasteiger partial charge >= 0.3 is 0 Å². The SMILES string of the molecule is CN(Cc1[c]c(C(c2ccccc2)(c2ccccc2)c2ccccc2)ccc1)Cc1ccccc1. The zero-order valence-electron chi connectivity index (χ0n) is 20.1. The predicted octanol–water partition coefficient (Wildman–Crippen LogP) is 7.50. The Morgan fingerprint density at radius 1 is 0.514 bits per heavy atom. The average Bonchev–Trinajstić information content (AvgIpc) is 2.92. The maximum atomic E-state index is 3.86. The molecule has 0 aromatic heterocycles. The van der Waals surface area contributed by atoms with Gasteiger partial charge in [-0.05, 0) is 46.5 Å². The second kappa shape index (κ2) is 10.5. The van der Waals surface area contributed by atoms with Gasteiger partial charge in [-0.15, -0.1) is 0 Å². The number of nitrogens with zero attached hydrogens (tertiary/aromatic N) is 1. The monoisotopic (exact) mass is 452 g/mol. The van der Waals surface area contributed by atoms with Crippen LogP contribution >= 0.6 is 0 Å². The standard InChI is InChI=1S/C34H30N/c1-35(26-28-15-6-2-7-16-28)27-29-17-14-24-33(25-29)34(30-18-8-3-9-19-30,31-20-10-4-11-21-31)32-22-12-5-13-23-32/h2-24H,26-27H2,1H3. The molecular formula is C34H30N. The number of hydrogen-bond acceptors (Lipinski definition) is 1. The largest absolute Gasteiger partial charge is 0.298 e. The summed E-state index contributed by atoms with van der Waals surface area (Å²) < 4.78 is 0. The van der Waals surface area contributed by atoms with Gasteiger partial charge in [-0.25, -0.2) is 0 Å². The van der Waals surface area contributed by atoms with Gasteiger partial charge in [0, 0.05) is 13.1 Å². The summed E-state index contributed by atoms with van der Waals surface area (Å²) in [7, 11) is 2.17. The Bertz CT molecular complexity index is 1230. The Balaban J connectivity index is 1.63. The molecule has 0 spiro atoms. The van der Waals surface area contributed by atoms with Crippen LogP contribution in [0.15, 0.2) is 140 Å². The third-order valence-corrected chi connectivity index (χ3v) is 6.62. The van der Waals surface area contributed by atoms with Crippen molar-refractivity contribution in [3.05, 3.63) is 179 Å². The zero-order valence-corrected chi connectivity index (χ0v) is 20.1. The molecule has 0 aliphatic carbocycles. The molecule has 0 N–H and O–H groups in total. The minimum atomic E-state index is -0.461. The lowest BCUT2D eigenvalue weighted by Crippen LogP contribution is -2.31. The van der Waals surface area contributed by atoms with Crippen molar-refractivity contribution in [1.29, 1.82) is 0 Å². The molecule has 0 bridgehead atoms. The highest BCUT2D eigenvalue weighted by Crippen LogP contribution is 2.45. The smallest absolute Gasteiger partial charge is 0.0707 e. The van der Waals surface area contributed by atoms with Gasteiger partial charge in [-0.1, -0.05) is 140 Å². The first-order chi connectivity index (χ1) is 17.3. The van der Waals surface area contributed by atoms with Gasteiger partial charge in [0.2, 0.25) is 0 Å². The highest BCUT2D eigenvalue weighted by molar-refractivity contribution is 5.59. The van der Waals surface area contributed by atoms with Gasteiger partial charge in [0.15, 0.2) is 0 Å². The molecule has 1 nitrogen and oxygen atoms in total.